The number of ketones is 1. The van der Waals surface area contributed by atoms with E-state index in [0.717, 1.165) is 45.2 Å². The molecule has 1 aromatic rings. The van der Waals surface area contributed by atoms with Gasteiger partial charge in [0.2, 0.25) is 10.0 Å². The van der Waals surface area contributed by atoms with Crippen LogP contribution in [-0.2, 0) is 19.6 Å². The lowest BCUT2D eigenvalue weighted by molar-refractivity contribution is -0.129. The van der Waals surface area contributed by atoms with E-state index < -0.39 is 21.4 Å². The van der Waals surface area contributed by atoms with Gasteiger partial charge in [0.25, 0.3) is 0 Å². The van der Waals surface area contributed by atoms with Gasteiger partial charge in [-0.25, -0.2) is 13.2 Å². The first-order valence-electron chi connectivity index (χ1n) is 10.7. The first-order valence-corrected chi connectivity index (χ1v) is 12.1. The third-order valence-corrected chi connectivity index (χ3v) is 7.65. The van der Waals surface area contributed by atoms with Crippen LogP contribution in [0.2, 0.25) is 0 Å². The van der Waals surface area contributed by atoms with E-state index in [-0.39, 0.29) is 22.8 Å². The number of ether oxygens (including phenoxy) is 1. The van der Waals surface area contributed by atoms with Gasteiger partial charge < -0.3 is 9.64 Å². The van der Waals surface area contributed by atoms with E-state index >= 15 is 0 Å². The van der Waals surface area contributed by atoms with E-state index in [1.165, 1.54) is 10.4 Å². The highest BCUT2D eigenvalue weighted by atomic mass is 32.2. The Balaban J connectivity index is 1.90. The zero-order valence-electron chi connectivity index (χ0n) is 18.1. The number of carbonyl (C=O) groups excluding carboxylic acids is 2. The minimum Gasteiger partial charge on any atom is -0.454 e. The van der Waals surface area contributed by atoms with Crippen LogP contribution in [0.5, 0.6) is 0 Å². The number of nitrogens with zero attached hydrogens (tertiary/aromatic N) is 2. The van der Waals surface area contributed by atoms with Crippen LogP contribution >= 0.6 is 0 Å². The Kier molecular flexibility index (Phi) is 6.87. The summed E-state index contributed by atoms with van der Waals surface area (Å²) in [6, 6.07) is 4.69. The largest absolute Gasteiger partial charge is 0.454 e. The number of Topliss-reactive ketones (excluding diaryl/α,β-unsaturated/α-hetero) is 1. The molecular formula is C22H32N2O5S. The van der Waals surface area contributed by atoms with Gasteiger partial charge in [-0.3, -0.25) is 4.79 Å². The average Bonchev–Trinajstić information content (AvgIpc) is 3.26. The number of rotatable bonds is 6. The zero-order valence-corrected chi connectivity index (χ0v) is 19.0. The maximum atomic E-state index is 13.1. The summed E-state index contributed by atoms with van der Waals surface area (Å²) in [5.41, 5.74) is 0.257. The molecule has 0 amide bonds. The van der Waals surface area contributed by atoms with Crippen molar-refractivity contribution in [1.82, 2.24) is 4.31 Å². The lowest BCUT2D eigenvalue weighted by atomic mass is 9.91. The molecule has 0 unspecified atom stereocenters. The van der Waals surface area contributed by atoms with Gasteiger partial charge in [-0.05, 0) is 43.9 Å². The second kappa shape index (κ2) is 9.06. The molecule has 2 saturated heterocycles. The van der Waals surface area contributed by atoms with Crippen molar-refractivity contribution in [2.45, 2.75) is 57.8 Å². The Hall–Kier alpha value is -1.93. The van der Waals surface area contributed by atoms with Gasteiger partial charge >= 0.3 is 5.97 Å². The number of piperidine rings is 1. The van der Waals surface area contributed by atoms with E-state index in [0.29, 0.717) is 18.8 Å². The molecule has 7 nitrogen and oxygen atoms in total. The smallest absolute Gasteiger partial charge is 0.340 e. The zero-order chi connectivity index (χ0) is 21.9. The lowest BCUT2D eigenvalue weighted by Crippen LogP contribution is -2.35. The summed E-state index contributed by atoms with van der Waals surface area (Å²) in [4.78, 5) is 27.3. The summed E-state index contributed by atoms with van der Waals surface area (Å²) < 4.78 is 33.0. The predicted molar refractivity (Wildman–Crippen MR) is 115 cm³/mol. The van der Waals surface area contributed by atoms with Crippen molar-refractivity contribution in [2.75, 3.05) is 37.7 Å². The Morgan fingerprint density at radius 1 is 0.967 bits per heavy atom. The van der Waals surface area contributed by atoms with E-state index in [9.17, 15) is 18.0 Å². The molecule has 2 aliphatic rings. The molecule has 8 heteroatoms. The summed E-state index contributed by atoms with van der Waals surface area (Å²) in [7, 11) is -3.67. The lowest BCUT2D eigenvalue weighted by Gasteiger charge is -2.27. The molecule has 0 atom stereocenters. The van der Waals surface area contributed by atoms with Crippen molar-refractivity contribution in [3.05, 3.63) is 23.8 Å². The molecule has 2 heterocycles. The minimum atomic E-state index is -3.67. The number of carbonyl (C=O) groups is 2. The van der Waals surface area contributed by atoms with Gasteiger partial charge in [-0.15, -0.1) is 0 Å². The predicted octanol–water partition coefficient (Wildman–Crippen LogP) is 3.23. The van der Waals surface area contributed by atoms with Crippen LogP contribution in [0, 0.1) is 5.41 Å². The highest BCUT2D eigenvalue weighted by molar-refractivity contribution is 7.89. The molecule has 0 radical (unpaired) electrons. The minimum absolute atomic E-state index is 0.0986. The molecule has 0 spiro atoms. The highest BCUT2D eigenvalue weighted by Gasteiger charge is 2.30. The number of esters is 1. The van der Waals surface area contributed by atoms with Gasteiger partial charge in [-0.1, -0.05) is 27.2 Å². The summed E-state index contributed by atoms with van der Waals surface area (Å²) >= 11 is 0. The van der Waals surface area contributed by atoms with Gasteiger partial charge in [0.05, 0.1) is 16.1 Å². The second-order valence-electron chi connectivity index (χ2n) is 9.09. The third-order valence-electron chi connectivity index (χ3n) is 5.76. The van der Waals surface area contributed by atoms with Crippen LogP contribution in [0.25, 0.3) is 0 Å². The van der Waals surface area contributed by atoms with Gasteiger partial charge in [0.15, 0.2) is 12.4 Å². The molecule has 30 heavy (non-hydrogen) atoms. The van der Waals surface area contributed by atoms with E-state index in [1.807, 2.05) is 0 Å². The number of anilines is 1. The highest BCUT2D eigenvalue weighted by Crippen LogP contribution is 2.30. The van der Waals surface area contributed by atoms with Crippen molar-refractivity contribution in [3.63, 3.8) is 0 Å². The Morgan fingerprint density at radius 3 is 2.17 bits per heavy atom. The summed E-state index contributed by atoms with van der Waals surface area (Å²) in [5.74, 6) is -0.846. The van der Waals surface area contributed by atoms with Gasteiger partial charge in [0, 0.05) is 31.6 Å². The fourth-order valence-electron chi connectivity index (χ4n) is 3.75. The van der Waals surface area contributed by atoms with Crippen LogP contribution in [0.3, 0.4) is 0 Å². The first kappa shape index (κ1) is 22.7. The van der Waals surface area contributed by atoms with Crippen LogP contribution < -0.4 is 4.90 Å². The van der Waals surface area contributed by atoms with E-state index in [1.54, 1.807) is 32.9 Å². The first-order chi connectivity index (χ1) is 14.1. The molecular weight excluding hydrogens is 404 g/mol. The van der Waals surface area contributed by atoms with Crippen LogP contribution in [0.4, 0.5) is 5.69 Å². The van der Waals surface area contributed by atoms with Crippen LogP contribution in [0.1, 0.15) is 63.2 Å². The fourth-order valence-corrected chi connectivity index (χ4v) is 5.30. The van der Waals surface area contributed by atoms with Crippen LogP contribution in [0.15, 0.2) is 23.1 Å². The number of hydrogen-bond acceptors (Lipinski definition) is 6. The third kappa shape index (κ3) is 5.03. The standard InChI is InChI=1S/C22H32N2O5S/c1-22(2,3)20(25)16-29-21(26)18-15-17(9-10-19(18)23-11-7-8-12-23)30(27,28)24-13-5-4-6-14-24/h9-10,15H,4-8,11-14,16H2,1-3H3. The number of hydrogen-bond donors (Lipinski definition) is 0. The average molecular weight is 437 g/mol. The molecule has 0 aliphatic carbocycles. The van der Waals surface area contributed by atoms with E-state index in [4.69, 9.17) is 4.74 Å². The molecule has 2 fully saturated rings. The molecule has 0 bridgehead atoms. The molecule has 3 rings (SSSR count). The second-order valence-corrected chi connectivity index (χ2v) is 11.0. The maximum absolute atomic E-state index is 13.1. The summed E-state index contributed by atoms with van der Waals surface area (Å²) in [6.45, 7) is 7.58. The Labute approximate surface area is 179 Å². The SMILES string of the molecule is CC(C)(C)C(=O)COC(=O)c1cc(S(=O)(=O)N2CCCCC2)ccc1N1CCCC1. The Morgan fingerprint density at radius 2 is 1.57 bits per heavy atom. The molecule has 166 valence electrons. The van der Waals surface area contributed by atoms with Crippen molar-refractivity contribution in [3.8, 4) is 0 Å². The summed E-state index contributed by atoms with van der Waals surface area (Å²) in [5, 5.41) is 0. The molecule has 2 aliphatic heterocycles. The van der Waals surface area contributed by atoms with E-state index in [2.05, 4.69) is 4.90 Å². The normalized spacial score (nSPS) is 18.4. The monoisotopic (exact) mass is 436 g/mol. The Bertz CT molecular complexity index is 893. The van der Waals surface area contributed by atoms with Gasteiger partial charge in [0.1, 0.15) is 0 Å². The van der Waals surface area contributed by atoms with Gasteiger partial charge in [-0.2, -0.15) is 4.31 Å². The van der Waals surface area contributed by atoms with Crippen molar-refractivity contribution < 1.29 is 22.7 Å². The molecule has 0 N–H and O–H groups in total. The quantitative estimate of drug-likeness (QED) is 0.637. The molecule has 0 saturated carbocycles. The fraction of sp³-hybridized carbons (Fsp3) is 0.636. The number of sulfonamides is 1. The topological polar surface area (TPSA) is 84.0 Å². The van der Waals surface area contributed by atoms with Crippen molar-refractivity contribution in [2.24, 2.45) is 5.41 Å². The number of benzene rings is 1. The van der Waals surface area contributed by atoms with Crippen LogP contribution in [-0.4, -0.2) is 57.3 Å². The van der Waals surface area contributed by atoms with Crippen molar-refractivity contribution >= 4 is 27.5 Å². The maximum Gasteiger partial charge on any atom is 0.340 e. The summed E-state index contributed by atoms with van der Waals surface area (Å²) in [6.07, 6.45) is 4.75. The molecule has 1 aromatic carbocycles. The molecule has 0 aromatic heterocycles. The van der Waals surface area contributed by atoms with Crippen molar-refractivity contribution in [1.29, 1.82) is 0 Å².